The first kappa shape index (κ1) is 24.1. The third-order valence-corrected chi connectivity index (χ3v) is 6.52. The van der Waals surface area contributed by atoms with Crippen LogP contribution in [0.25, 0.3) is 22.0 Å². The molecule has 3 aromatic carbocycles. The molecule has 0 saturated heterocycles. The molecule has 1 atom stereocenters. The minimum Gasteiger partial charge on any atom is -0.481 e. The number of nitrogens with zero attached hydrogens (tertiary/aromatic N) is 2. The molecule has 0 bridgehead atoms. The molecule has 1 amide bonds. The summed E-state index contributed by atoms with van der Waals surface area (Å²) in [6, 6.07) is 20.4. The number of aryl methyl sites for hydroxylation is 1. The van der Waals surface area contributed by atoms with Gasteiger partial charge in [0.15, 0.2) is 0 Å². The fourth-order valence-corrected chi connectivity index (χ4v) is 4.70. The van der Waals surface area contributed by atoms with Gasteiger partial charge in [-0.3, -0.25) is 14.4 Å². The highest BCUT2D eigenvalue weighted by Gasteiger charge is 2.35. The zero-order chi connectivity index (χ0) is 26.1. The van der Waals surface area contributed by atoms with Gasteiger partial charge in [0.05, 0.1) is 23.7 Å². The normalized spacial score (nSPS) is 15.1. The number of amides is 1. The van der Waals surface area contributed by atoms with Crippen molar-refractivity contribution in [2.45, 2.75) is 32.2 Å². The van der Waals surface area contributed by atoms with Crippen molar-refractivity contribution in [2.24, 2.45) is 5.10 Å². The Morgan fingerprint density at radius 2 is 1.70 bits per heavy atom. The number of benzene rings is 3. The number of pyridine rings is 1. The molecule has 0 saturated carbocycles. The standard InChI is InChI=1S/C29H24FN3O4/c1-17-6-8-18(9-7-17)24-16-23(32-33(24)25(34)14-15-26(35)36)28-27(19-10-12-20(30)13-11-19)21-4-2-3-5-22(21)31-29(28)37/h2-13,24H,14-16H2,1H3,(H,31,37)(H,35,36). The van der Waals surface area contributed by atoms with Gasteiger partial charge in [-0.05, 0) is 36.2 Å². The Morgan fingerprint density at radius 3 is 2.41 bits per heavy atom. The molecule has 0 fully saturated rings. The van der Waals surface area contributed by atoms with Crippen molar-refractivity contribution < 1.29 is 19.1 Å². The van der Waals surface area contributed by atoms with Gasteiger partial charge in [-0.15, -0.1) is 0 Å². The molecule has 186 valence electrons. The third-order valence-electron chi connectivity index (χ3n) is 6.52. The molecule has 0 aliphatic carbocycles. The average Bonchev–Trinajstić information content (AvgIpc) is 3.32. The van der Waals surface area contributed by atoms with Gasteiger partial charge < -0.3 is 10.1 Å². The first-order valence-electron chi connectivity index (χ1n) is 11.9. The number of hydrogen-bond acceptors (Lipinski definition) is 4. The van der Waals surface area contributed by atoms with Gasteiger partial charge in [0.2, 0.25) is 5.91 Å². The summed E-state index contributed by atoms with van der Waals surface area (Å²) in [6.07, 6.45) is -0.275. The number of carboxylic acids is 1. The first-order chi connectivity index (χ1) is 17.8. The van der Waals surface area contributed by atoms with Crippen molar-refractivity contribution in [3.63, 3.8) is 0 Å². The molecule has 1 unspecified atom stereocenters. The summed E-state index contributed by atoms with van der Waals surface area (Å²) in [5, 5.41) is 15.7. The molecule has 0 radical (unpaired) electrons. The van der Waals surface area contributed by atoms with E-state index in [1.54, 1.807) is 18.2 Å². The van der Waals surface area contributed by atoms with Gasteiger partial charge >= 0.3 is 5.97 Å². The lowest BCUT2D eigenvalue weighted by Crippen LogP contribution is -2.27. The molecular weight excluding hydrogens is 473 g/mol. The van der Waals surface area contributed by atoms with E-state index in [4.69, 9.17) is 5.11 Å². The number of aromatic amines is 1. The summed E-state index contributed by atoms with van der Waals surface area (Å²) in [7, 11) is 0. The number of aliphatic carboxylic acids is 1. The zero-order valence-electron chi connectivity index (χ0n) is 20.1. The van der Waals surface area contributed by atoms with E-state index in [1.807, 2.05) is 49.4 Å². The number of rotatable bonds is 6. The Hall–Kier alpha value is -4.59. The molecule has 8 heteroatoms. The Labute approximate surface area is 211 Å². The molecule has 7 nitrogen and oxygen atoms in total. The number of carboxylic acid groups (broad SMARTS) is 1. The van der Waals surface area contributed by atoms with Gasteiger partial charge in [0, 0.05) is 29.3 Å². The summed E-state index contributed by atoms with van der Waals surface area (Å²) >= 11 is 0. The van der Waals surface area contributed by atoms with Crippen LogP contribution in [0.1, 0.15) is 42.0 Å². The van der Waals surface area contributed by atoms with Gasteiger partial charge in [0.25, 0.3) is 5.56 Å². The van der Waals surface area contributed by atoms with Crippen LogP contribution in [-0.4, -0.2) is 32.7 Å². The Morgan fingerprint density at radius 1 is 1.00 bits per heavy atom. The van der Waals surface area contributed by atoms with Crippen LogP contribution in [0.3, 0.4) is 0 Å². The molecule has 1 aliphatic rings. The van der Waals surface area contributed by atoms with Gasteiger partial charge in [-0.25, -0.2) is 9.40 Å². The maximum absolute atomic E-state index is 13.8. The number of fused-ring (bicyclic) bond motifs is 1. The molecule has 0 spiro atoms. The number of carbonyl (C=O) groups excluding carboxylic acids is 1. The monoisotopic (exact) mass is 497 g/mol. The van der Waals surface area contributed by atoms with Crippen molar-refractivity contribution in [1.29, 1.82) is 0 Å². The van der Waals surface area contributed by atoms with E-state index in [0.717, 1.165) is 16.5 Å². The number of hydrogen-bond donors (Lipinski definition) is 2. The lowest BCUT2D eigenvalue weighted by Gasteiger charge is -2.22. The maximum Gasteiger partial charge on any atom is 0.303 e. The number of hydrazone groups is 1. The molecule has 1 aromatic heterocycles. The average molecular weight is 498 g/mol. The second-order valence-electron chi connectivity index (χ2n) is 9.07. The van der Waals surface area contributed by atoms with Crippen LogP contribution in [0.2, 0.25) is 0 Å². The molecule has 2 heterocycles. The number of para-hydroxylation sites is 1. The molecular formula is C29H24FN3O4. The van der Waals surface area contributed by atoms with Crippen LogP contribution < -0.4 is 5.56 Å². The zero-order valence-corrected chi connectivity index (χ0v) is 20.1. The Balaban J connectivity index is 1.68. The second-order valence-corrected chi connectivity index (χ2v) is 9.07. The van der Waals surface area contributed by atoms with Gasteiger partial charge in [-0.1, -0.05) is 60.2 Å². The van der Waals surface area contributed by atoms with Gasteiger partial charge in [-0.2, -0.15) is 5.10 Å². The summed E-state index contributed by atoms with van der Waals surface area (Å²) in [4.78, 5) is 40.6. The second kappa shape index (κ2) is 9.81. The summed E-state index contributed by atoms with van der Waals surface area (Å²) < 4.78 is 13.8. The van der Waals surface area contributed by atoms with Crippen LogP contribution in [0.4, 0.5) is 4.39 Å². The number of aromatic nitrogens is 1. The topological polar surface area (TPSA) is 103 Å². The smallest absolute Gasteiger partial charge is 0.303 e. The van der Waals surface area contributed by atoms with Crippen molar-refractivity contribution in [3.05, 3.63) is 106 Å². The molecule has 5 rings (SSSR count). The fraction of sp³-hybridized carbons (Fsp3) is 0.172. The van der Waals surface area contributed by atoms with Crippen molar-refractivity contribution >= 4 is 28.5 Å². The van der Waals surface area contributed by atoms with E-state index < -0.39 is 23.7 Å². The highest BCUT2D eigenvalue weighted by Crippen LogP contribution is 2.37. The van der Waals surface area contributed by atoms with Crippen molar-refractivity contribution in [1.82, 2.24) is 9.99 Å². The summed E-state index contributed by atoms with van der Waals surface area (Å²) in [5.41, 5.74) is 4.07. The predicted octanol–water partition coefficient (Wildman–Crippen LogP) is 5.19. The number of H-pyrrole nitrogens is 1. The van der Waals surface area contributed by atoms with E-state index >= 15 is 0 Å². The van der Waals surface area contributed by atoms with Crippen LogP contribution in [-0.2, 0) is 9.59 Å². The number of carbonyl (C=O) groups is 2. The van der Waals surface area contributed by atoms with Gasteiger partial charge in [0.1, 0.15) is 5.82 Å². The highest BCUT2D eigenvalue weighted by atomic mass is 19.1. The highest BCUT2D eigenvalue weighted by molar-refractivity contribution is 6.12. The summed E-state index contributed by atoms with van der Waals surface area (Å²) in [5.74, 6) is -1.91. The number of nitrogens with one attached hydrogen (secondary N) is 1. The molecule has 4 aromatic rings. The minimum atomic E-state index is -1.08. The van der Waals surface area contributed by atoms with E-state index in [1.165, 1.54) is 17.1 Å². The Bertz CT molecular complexity index is 1590. The van der Waals surface area contributed by atoms with E-state index in [9.17, 15) is 18.8 Å². The SMILES string of the molecule is Cc1ccc(C2CC(c3c(-c4ccc(F)cc4)c4ccccc4[nH]c3=O)=NN2C(=O)CCC(=O)O)cc1. The van der Waals surface area contributed by atoms with Crippen LogP contribution in [0.5, 0.6) is 0 Å². The third kappa shape index (κ3) is 4.78. The van der Waals surface area contributed by atoms with E-state index in [2.05, 4.69) is 10.1 Å². The Kier molecular flexibility index (Phi) is 6.40. The van der Waals surface area contributed by atoms with Crippen LogP contribution in [0.15, 0.2) is 82.7 Å². The van der Waals surface area contributed by atoms with E-state index in [-0.39, 0.29) is 24.8 Å². The quantitative estimate of drug-likeness (QED) is 0.383. The molecule has 2 N–H and O–H groups in total. The van der Waals surface area contributed by atoms with E-state index in [0.29, 0.717) is 27.9 Å². The molecule has 37 heavy (non-hydrogen) atoms. The largest absolute Gasteiger partial charge is 0.481 e. The summed E-state index contributed by atoms with van der Waals surface area (Å²) in [6.45, 7) is 1.96. The lowest BCUT2D eigenvalue weighted by atomic mass is 9.91. The van der Waals surface area contributed by atoms with Crippen molar-refractivity contribution in [3.8, 4) is 11.1 Å². The molecule has 1 aliphatic heterocycles. The van der Waals surface area contributed by atoms with Crippen molar-refractivity contribution in [2.75, 3.05) is 0 Å². The first-order valence-corrected chi connectivity index (χ1v) is 11.9. The lowest BCUT2D eigenvalue weighted by molar-refractivity contribution is -0.141. The minimum absolute atomic E-state index is 0.215. The fourth-order valence-electron chi connectivity index (χ4n) is 4.70. The predicted molar refractivity (Wildman–Crippen MR) is 139 cm³/mol. The number of halogens is 1. The van der Waals surface area contributed by atoms with Crippen LogP contribution in [0, 0.1) is 12.7 Å². The van der Waals surface area contributed by atoms with Crippen LogP contribution >= 0.6 is 0 Å². The maximum atomic E-state index is 13.8.